The molecule has 40 heavy (non-hydrogen) atoms. The van der Waals surface area contributed by atoms with Crippen LogP contribution >= 0.6 is 0 Å². The Labute approximate surface area is 238 Å². The average Bonchev–Trinajstić information content (AvgIpc) is 3.15. The van der Waals surface area contributed by atoms with Crippen molar-refractivity contribution >= 4 is 26.8 Å². The van der Waals surface area contributed by atoms with Crippen molar-refractivity contribution in [2.45, 2.75) is 57.4 Å². The fourth-order valence-electron chi connectivity index (χ4n) is 7.25. The lowest BCUT2D eigenvalue weighted by Crippen LogP contribution is -2.36. The van der Waals surface area contributed by atoms with E-state index in [1.54, 1.807) is 0 Å². The highest BCUT2D eigenvalue weighted by atomic mass is 32.2. The van der Waals surface area contributed by atoms with Crippen molar-refractivity contribution in [3.8, 4) is 11.3 Å². The van der Waals surface area contributed by atoms with E-state index in [4.69, 9.17) is 0 Å². The molecule has 1 aromatic heterocycles. The van der Waals surface area contributed by atoms with E-state index in [9.17, 15) is 13.2 Å². The van der Waals surface area contributed by atoms with Gasteiger partial charge in [-0.2, -0.15) is 0 Å². The maximum absolute atomic E-state index is 13.3. The van der Waals surface area contributed by atoms with E-state index in [0.717, 1.165) is 38.1 Å². The van der Waals surface area contributed by atoms with Gasteiger partial charge >= 0.3 is 0 Å². The lowest BCUT2D eigenvalue weighted by Gasteiger charge is -2.26. The number of fused-ring (bicyclic) bond motifs is 4. The van der Waals surface area contributed by atoms with Crippen LogP contribution in [0.15, 0.2) is 42.5 Å². The van der Waals surface area contributed by atoms with E-state index in [-0.39, 0.29) is 5.75 Å². The van der Waals surface area contributed by atoms with Crippen molar-refractivity contribution in [1.82, 2.24) is 19.1 Å². The highest BCUT2D eigenvalue weighted by molar-refractivity contribution is 7.90. The molecule has 0 spiro atoms. The Bertz CT molecular complexity index is 1510. The molecule has 7 nitrogen and oxygen atoms in total. The van der Waals surface area contributed by atoms with Crippen molar-refractivity contribution in [3.05, 3.63) is 59.2 Å². The van der Waals surface area contributed by atoms with Crippen LogP contribution in [0.4, 0.5) is 0 Å². The molecule has 1 N–H and O–H groups in total. The second-order valence-corrected chi connectivity index (χ2v) is 14.2. The van der Waals surface area contributed by atoms with Gasteiger partial charge in [0.25, 0.3) is 5.91 Å². The summed E-state index contributed by atoms with van der Waals surface area (Å²) in [6.07, 6.45) is 7.67. The molecule has 214 valence electrons. The van der Waals surface area contributed by atoms with Gasteiger partial charge in [-0.05, 0) is 81.4 Å². The minimum atomic E-state index is -3.72. The van der Waals surface area contributed by atoms with Crippen LogP contribution < -0.4 is 4.72 Å². The molecule has 0 saturated heterocycles. The van der Waals surface area contributed by atoms with Crippen LogP contribution in [-0.4, -0.2) is 74.7 Å². The Morgan fingerprint density at radius 2 is 1.65 bits per heavy atom. The van der Waals surface area contributed by atoms with Crippen LogP contribution in [0.1, 0.15) is 65.9 Å². The van der Waals surface area contributed by atoms with Gasteiger partial charge in [0.2, 0.25) is 10.0 Å². The van der Waals surface area contributed by atoms with Gasteiger partial charge in [0, 0.05) is 48.2 Å². The molecule has 1 unspecified atom stereocenters. The molecular formula is C32H42N4O3S. The number of likely N-dealkylation sites (N-methyl/N-ethyl adjacent to an activating group) is 2. The van der Waals surface area contributed by atoms with Gasteiger partial charge in [-0.25, -0.2) is 13.1 Å². The Hall–Kier alpha value is -2.68. The van der Waals surface area contributed by atoms with E-state index in [1.165, 1.54) is 59.9 Å². The summed E-state index contributed by atoms with van der Waals surface area (Å²) in [5, 5.41) is 1.21. The van der Waals surface area contributed by atoms with Gasteiger partial charge in [0.15, 0.2) is 0 Å². The van der Waals surface area contributed by atoms with Crippen LogP contribution in [-0.2, 0) is 23.0 Å². The molecule has 3 aromatic rings. The number of benzene rings is 2. The quantitative estimate of drug-likeness (QED) is 0.459. The maximum Gasteiger partial charge on any atom is 0.264 e. The molecule has 4 bridgehead atoms. The SMILES string of the molecule is CN1CCCS(=O)(=O)NC(=O)c2ccc3c(C4CCCCC4)c4n(c3c2)CC(Cc2ccccc2-4)CN(C)CC1. The standard InChI is InChI=1S/C32H42N4O3S/c1-34-15-8-18-40(38,39)33-32(37)26-13-14-28-29(20-26)36-22-23(21-35(2)17-16-34)19-25-11-6-7-12-27(25)31(36)30(28)24-9-4-3-5-10-24/h6-7,11-14,20,23-24H,3-5,8-10,15-19,21-22H2,1-2H3,(H,33,37). The molecule has 1 amide bonds. The largest absolute Gasteiger partial charge is 0.340 e. The third-order valence-corrected chi connectivity index (χ3v) is 10.6. The monoisotopic (exact) mass is 562 g/mol. The second kappa shape index (κ2) is 11.3. The second-order valence-electron chi connectivity index (χ2n) is 12.3. The Balaban J connectivity index is 1.53. The fraction of sp³-hybridized carbons (Fsp3) is 0.531. The maximum atomic E-state index is 13.3. The molecule has 2 aromatic carbocycles. The molecule has 1 atom stereocenters. The third kappa shape index (κ3) is 5.58. The Kier molecular flexibility index (Phi) is 7.77. The summed E-state index contributed by atoms with van der Waals surface area (Å²) in [5.41, 5.74) is 6.90. The first kappa shape index (κ1) is 27.5. The molecule has 2 aliphatic heterocycles. The summed E-state index contributed by atoms with van der Waals surface area (Å²) >= 11 is 0. The smallest absolute Gasteiger partial charge is 0.264 e. The fourth-order valence-corrected chi connectivity index (χ4v) is 8.26. The van der Waals surface area contributed by atoms with Gasteiger partial charge in [0.05, 0.1) is 11.4 Å². The molecule has 6 rings (SSSR count). The van der Waals surface area contributed by atoms with Crippen LogP contribution in [0.5, 0.6) is 0 Å². The number of carbonyl (C=O) groups is 1. The van der Waals surface area contributed by atoms with Gasteiger partial charge in [-0.3, -0.25) is 4.79 Å². The number of hydrogen-bond acceptors (Lipinski definition) is 5. The topological polar surface area (TPSA) is 74.6 Å². The molecule has 8 heteroatoms. The minimum absolute atomic E-state index is 0.0631. The van der Waals surface area contributed by atoms with Crippen LogP contribution in [0, 0.1) is 5.92 Å². The predicted octanol–water partition coefficient (Wildman–Crippen LogP) is 4.86. The van der Waals surface area contributed by atoms with Crippen LogP contribution in [0.3, 0.4) is 0 Å². The van der Waals surface area contributed by atoms with E-state index in [2.05, 4.69) is 56.5 Å². The zero-order valence-electron chi connectivity index (χ0n) is 23.9. The first-order chi connectivity index (χ1) is 19.3. The van der Waals surface area contributed by atoms with Crippen LogP contribution in [0.2, 0.25) is 0 Å². The zero-order chi connectivity index (χ0) is 27.9. The number of rotatable bonds is 1. The first-order valence-corrected chi connectivity index (χ1v) is 16.6. The lowest BCUT2D eigenvalue weighted by atomic mass is 9.81. The molecule has 0 radical (unpaired) electrons. The van der Waals surface area contributed by atoms with Gasteiger partial charge in [0.1, 0.15) is 0 Å². The van der Waals surface area contributed by atoms with Crippen molar-refractivity contribution in [2.75, 3.05) is 46.0 Å². The van der Waals surface area contributed by atoms with Crippen molar-refractivity contribution in [1.29, 1.82) is 0 Å². The predicted molar refractivity (Wildman–Crippen MR) is 161 cm³/mol. The van der Waals surface area contributed by atoms with Crippen LogP contribution in [0.25, 0.3) is 22.2 Å². The number of nitrogens with one attached hydrogen (secondary N) is 1. The number of nitrogens with zero attached hydrogens (tertiary/aromatic N) is 3. The number of hydrogen-bond donors (Lipinski definition) is 1. The van der Waals surface area contributed by atoms with Gasteiger partial charge in [-0.1, -0.05) is 49.6 Å². The summed E-state index contributed by atoms with van der Waals surface area (Å²) in [6, 6.07) is 14.7. The van der Waals surface area contributed by atoms with Gasteiger partial charge < -0.3 is 14.4 Å². The summed E-state index contributed by atoms with van der Waals surface area (Å²) in [7, 11) is 0.519. The van der Waals surface area contributed by atoms with Crippen molar-refractivity contribution < 1.29 is 13.2 Å². The molecular weight excluding hydrogens is 520 g/mol. The van der Waals surface area contributed by atoms with E-state index in [1.807, 2.05) is 19.2 Å². The number of amides is 1. The first-order valence-electron chi connectivity index (χ1n) is 15.0. The number of aromatic nitrogens is 1. The van der Waals surface area contributed by atoms with Crippen molar-refractivity contribution in [2.24, 2.45) is 5.92 Å². The number of carbonyl (C=O) groups excluding carboxylic acids is 1. The summed E-state index contributed by atoms with van der Waals surface area (Å²) in [6.45, 7) is 4.32. The minimum Gasteiger partial charge on any atom is -0.340 e. The van der Waals surface area contributed by atoms with E-state index >= 15 is 0 Å². The summed E-state index contributed by atoms with van der Waals surface area (Å²) in [5.74, 6) is 0.306. The zero-order valence-corrected chi connectivity index (χ0v) is 24.7. The molecule has 1 aliphatic carbocycles. The highest BCUT2D eigenvalue weighted by Gasteiger charge is 2.31. The van der Waals surface area contributed by atoms with Crippen molar-refractivity contribution in [3.63, 3.8) is 0 Å². The molecule has 1 fully saturated rings. The Morgan fingerprint density at radius 3 is 2.48 bits per heavy atom. The van der Waals surface area contributed by atoms with E-state index < -0.39 is 15.9 Å². The summed E-state index contributed by atoms with van der Waals surface area (Å²) < 4.78 is 30.4. The normalized spacial score (nSPS) is 23.6. The third-order valence-electron chi connectivity index (χ3n) is 9.24. The molecule has 3 heterocycles. The molecule has 1 saturated carbocycles. The lowest BCUT2D eigenvalue weighted by molar-refractivity contribution is 0.0981. The molecule has 3 aliphatic rings. The Morgan fingerprint density at radius 1 is 0.875 bits per heavy atom. The van der Waals surface area contributed by atoms with E-state index in [0.29, 0.717) is 30.4 Å². The number of sulfonamides is 1. The average molecular weight is 563 g/mol. The summed E-state index contributed by atoms with van der Waals surface area (Å²) in [4.78, 5) is 17.9. The van der Waals surface area contributed by atoms with Gasteiger partial charge in [-0.15, -0.1) is 0 Å². The highest BCUT2D eigenvalue weighted by Crippen LogP contribution is 2.46.